The third-order valence-electron chi connectivity index (χ3n) is 5.65. The van der Waals surface area contributed by atoms with Crippen molar-refractivity contribution < 1.29 is 9.53 Å². The molecule has 7 nitrogen and oxygen atoms in total. The van der Waals surface area contributed by atoms with E-state index in [4.69, 9.17) is 16.3 Å². The van der Waals surface area contributed by atoms with Gasteiger partial charge >= 0.3 is 0 Å². The van der Waals surface area contributed by atoms with Gasteiger partial charge in [0.25, 0.3) is 0 Å². The number of aryl methyl sites for hydroxylation is 1. The van der Waals surface area contributed by atoms with Gasteiger partial charge in [0.15, 0.2) is 16.1 Å². The molecule has 0 aliphatic carbocycles. The number of anilines is 1. The second-order valence-corrected chi connectivity index (χ2v) is 10.3. The number of nitrogens with zero attached hydrogens (tertiary/aromatic N) is 4. The molecule has 0 fully saturated rings. The fourth-order valence-electron chi connectivity index (χ4n) is 3.67. The van der Waals surface area contributed by atoms with Crippen molar-refractivity contribution in [2.45, 2.75) is 18.7 Å². The lowest BCUT2D eigenvalue weighted by molar-refractivity contribution is -0.113. The van der Waals surface area contributed by atoms with E-state index >= 15 is 0 Å². The molecule has 0 bridgehead atoms. The van der Waals surface area contributed by atoms with Crippen LogP contribution < -0.4 is 10.1 Å². The normalized spacial score (nSPS) is 11.1. The Morgan fingerprint density at radius 1 is 1.11 bits per heavy atom. The van der Waals surface area contributed by atoms with E-state index in [1.807, 2.05) is 59.5 Å². The molecule has 5 aromatic rings. The highest BCUT2D eigenvalue weighted by Gasteiger charge is 2.14. The lowest BCUT2D eigenvalue weighted by Gasteiger charge is -2.11. The molecule has 0 saturated carbocycles. The summed E-state index contributed by atoms with van der Waals surface area (Å²) >= 11 is 8.63. The smallest absolute Gasteiger partial charge is 0.236 e. The average Bonchev–Trinajstić information content (AvgIpc) is 3.49. The van der Waals surface area contributed by atoms with Crippen molar-refractivity contribution in [3.8, 4) is 17.0 Å². The Kier molecular flexibility index (Phi) is 7.22. The van der Waals surface area contributed by atoms with E-state index in [9.17, 15) is 4.79 Å². The molecule has 1 amide bonds. The summed E-state index contributed by atoms with van der Waals surface area (Å²) in [5, 5.41) is 17.4. The van der Waals surface area contributed by atoms with E-state index in [2.05, 4.69) is 45.6 Å². The molecule has 10 heteroatoms. The van der Waals surface area contributed by atoms with Crippen molar-refractivity contribution in [1.82, 2.24) is 19.7 Å². The molecule has 0 spiro atoms. The van der Waals surface area contributed by atoms with Crippen molar-refractivity contribution >= 4 is 56.5 Å². The van der Waals surface area contributed by atoms with Crippen LogP contribution in [0.15, 0.2) is 71.2 Å². The number of hydrogen-bond donors (Lipinski definition) is 1. The molecule has 0 saturated heterocycles. The topological polar surface area (TPSA) is 81.9 Å². The predicted molar refractivity (Wildman–Crippen MR) is 146 cm³/mol. The fraction of sp³-hybridized carbons (Fsp3) is 0.154. The molecule has 0 unspecified atom stereocenters. The van der Waals surface area contributed by atoms with Crippen molar-refractivity contribution in [2.24, 2.45) is 7.05 Å². The predicted octanol–water partition coefficient (Wildman–Crippen LogP) is 6.36. The van der Waals surface area contributed by atoms with Crippen LogP contribution in [-0.2, 0) is 18.4 Å². The summed E-state index contributed by atoms with van der Waals surface area (Å²) in [4.78, 5) is 17.0. The average molecular weight is 536 g/mol. The minimum Gasteiger partial charge on any atom is -0.485 e. The fourth-order valence-corrected chi connectivity index (χ4v) is 5.26. The van der Waals surface area contributed by atoms with Crippen molar-refractivity contribution in [1.29, 1.82) is 0 Å². The first kappa shape index (κ1) is 24.3. The largest absolute Gasteiger partial charge is 0.485 e. The third kappa shape index (κ3) is 5.38. The lowest BCUT2D eigenvalue weighted by atomic mass is 10.0. The summed E-state index contributed by atoms with van der Waals surface area (Å²) in [6.45, 7) is 2.33. The van der Waals surface area contributed by atoms with Gasteiger partial charge in [-0.05, 0) is 41.5 Å². The zero-order valence-electron chi connectivity index (χ0n) is 19.6. The van der Waals surface area contributed by atoms with Gasteiger partial charge < -0.3 is 14.6 Å². The first-order valence-corrected chi connectivity index (χ1v) is 13.4. The van der Waals surface area contributed by atoms with E-state index in [0.717, 1.165) is 28.0 Å². The highest BCUT2D eigenvalue weighted by molar-refractivity contribution is 7.99. The SMILES string of the molecule is Cc1c(OCc2nnc(SCC(=O)Nc3nc(-c4ccc(Cl)cc4)cs3)n2C)ccc2ccccc12. The van der Waals surface area contributed by atoms with Gasteiger partial charge in [-0.2, -0.15) is 0 Å². The number of halogens is 1. The number of aromatic nitrogens is 4. The van der Waals surface area contributed by atoms with Crippen LogP contribution in [0.1, 0.15) is 11.4 Å². The maximum absolute atomic E-state index is 12.5. The Balaban J connectivity index is 1.16. The van der Waals surface area contributed by atoms with Gasteiger partial charge in [0.2, 0.25) is 5.91 Å². The molecule has 5 rings (SSSR count). The van der Waals surface area contributed by atoms with Crippen LogP contribution in [0.4, 0.5) is 5.13 Å². The van der Waals surface area contributed by atoms with Gasteiger partial charge in [-0.1, -0.05) is 65.8 Å². The van der Waals surface area contributed by atoms with Crippen LogP contribution in [0, 0.1) is 6.92 Å². The van der Waals surface area contributed by atoms with E-state index in [1.54, 1.807) is 0 Å². The molecule has 2 heterocycles. The molecule has 182 valence electrons. The van der Waals surface area contributed by atoms with Crippen molar-refractivity contribution in [3.63, 3.8) is 0 Å². The van der Waals surface area contributed by atoms with Gasteiger partial charge in [0, 0.05) is 23.0 Å². The molecule has 0 aliphatic rings. The Hall–Kier alpha value is -3.40. The van der Waals surface area contributed by atoms with Gasteiger partial charge in [0.05, 0.1) is 11.4 Å². The number of hydrogen-bond acceptors (Lipinski definition) is 7. The molecule has 0 aliphatic heterocycles. The zero-order valence-corrected chi connectivity index (χ0v) is 22.0. The quantitative estimate of drug-likeness (QED) is 0.233. The molecule has 0 atom stereocenters. The standard InChI is InChI=1S/C26H22ClN5O2S2/c1-16-20-6-4-3-5-17(20)9-12-22(16)34-13-23-30-31-26(32(23)2)36-15-24(33)29-25-28-21(14-35-25)18-7-10-19(27)11-8-18/h3-12,14H,13,15H2,1-2H3,(H,28,29,33). The van der Waals surface area contributed by atoms with Crippen LogP contribution in [0.25, 0.3) is 22.0 Å². The summed E-state index contributed by atoms with van der Waals surface area (Å²) < 4.78 is 7.89. The summed E-state index contributed by atoms with van der Waals surface area (Å²) in [6.07, 6.45) is 0. The monoisotopic (exact) mass is 535 g/mol. The van der Waals surface area contributed by atoms with Gasteiger partial charge in [0.1, 0.15) is 12.4 Å². The number of carbonyl (C=O) groups is 1. The Morgan fingerprint density at radius 3 is 2.75 bits per heavy atom. The third-order valence-corrected chi connectivity index (χ3v) is 7.68. The number of amides is 1. The second-order valence-electron chi connectivity index (χ2n) is 8.04. The number of ether oxygens (including phenoxy) is 1. The van der Waals surface area contributed by atoms with Gasteiger partial charge in [-0.15, -0.1) is 21.5 Å². The number of rotatable bonds is 8. The first-order chi connectivity index (χ1) is 17.5. The minimum atomic E-state index is -0.162. The molecular formula is C26H22ClN5O2S2. The molecule has 1 N–H and O–H groups in total. The Bertz CT molecular complexity index is 1530. The lowest BCUT2D eigenvalue weighted by Crippen LogP contribution is -2.14. The van der Waals surface area contributed by atoms with Crippen LogP contribution in [-0.4, -0.2) is 31.4 Å². The number of fused-ring (bicyclic) bond motifs is 1. The van der Waals surface area contributed by atoms with Crippen LogP contribution in [0.5, 0.6) is 5.75 Å². The highest BCUT2D eigenvalue weighted by atomic mass is 35.5. The van der Waals surface area contributed by atoms with E-state index in [-0.39, 0.29) is 18.3 Å². The zero-order chi connectivity index (χ0) is 25.1. The number of nitrogens with one attached hydrogen (secondary N) is 1. The number of thioether (sulfide) groups is 1. The van der Waals surface area contributed by atoms with E-state index in [0.29, 0.717) is 21.1 Å². The molecule has 2 aromatic heterocycles. The van der Waals surface area contributed by atoms with Gasteiger partial charge in [-0.3, -0.25) is 4.79 Å². The second kappa shape index (κ2) is 10.7. The van der Waals surface area contributed by atoms with Crippen molar-refractivity contribution in [2.75, 3.05) is 11.1 Å². The summed E-state index contributed by atoms with van der Waals surface area (Å²) in [5.41, 5.74) is 2.82. The van der Waals surface area contributed by atoms with E-state index in [1.165, 1.54) is 28.5 Å². The molecule has 3 aromatic carbocycles. The van der Waals surface area contributed by atoms with Gasteiger partial charge in [-0.25, -0.2) is 4.98 Å². The summed E-state index contributed by atoms with van der Waals surface area (Å²) in [7, 11) is 1.87. The molecule has 36 heavy (non-hydrogen) atoms. The van der Waals surface area contributed by atoms with E-state index < -0.39 is 0 Å². The number of benzene rings is 3. The molecular weight excluding hydrogens is 514 g/mol. The van der Waals surface area contributed by atoms with Crippen LogP contribution >= 0.6 is 34.7 Å². The number of thiazole rings is 1. The number of carbonyl (C=O) groups excluding carboxylic acids is 1. The molecule has 0 radical (unpaired) electrons. The maximum atomic E-state index is 12.5. The van der Waals surface area contributed by atoms with Crippen LogP contribution in [0.3, 0.4) is 0 Å². The Morgan fingerprint density at radius 2 is 1.92 bits per heavy atom. The summed E-state index contributed by atoms with van der Waals surface area (Å²) in [6, 6.07) is 19.7. The van der Waals surface area contributed by atoms with Crippen LogP contribution in [0.2, 0.25) is 5.02 Å². The summed E-state index contributed by atoms with van der Waals surface area (Å²) in [5.74, 6) is 1.52. The first-order valence-electron chi connectivity index (χ1n) is 11.1. The van der Waals surface area contributed by atoms with Crippen molar-refractivity contribution in [3.05, 3.63) is 82.5 Å². The minimum absolute atomic E-state index is 0.162. The highest BCUT2D eigenvalue weighted by Crippen LogP contribution is 2.28. The maximum Gasteiger partial charge on any atom is 0.236 e. The Labute approximate surface area is 221 Å².